The summed E-state index contributed by atoms with van der Waals surface area (Å²) in [6.45, 7) is 8.12. The molecule has 7 nitrogen and oxygen atoms in total. The number of likely N-dealkylation sites (tertiary alicyclic amines) is 1. The van der Waals surface area contributed by atoms with E-state index < -0.39 is 11.7 Å². The summed E-state index contributed by atoms with van der Waals surface area (Å²) in [5.74, 6) is 0.301. The molecule has 0 aromatic rings. The number of hydrogen-bond acceptors (Lipinski definition) is 5. The number of rotatable bonds is 3. The van der Waals surface area contributed by atoms with E-state index >= 15 is 0 Å². The Balaban J connectivity index is 1.75. The standard InChI is InChI=1S/C16H28N2O5/c1-16(2,3)23-15(20)17(4)11-13(19)18-7-5-12(6-8-18)14-21-9-10-22-14/h12,14H,5-11H2,1-4H3. The van der Waals surface area contributed by atoms with Crippen LogP contribution in [-0.2, 0) is 19.0 Å². The van der Waals surface area contributed by atoms with Crippen molar-refractivity contribution in [3.05, 3.63) is 0 Å². The maximum atomic E-state index is 12.3. The zero-order valence-electron chi connectivity index (χ0n) is 14.5. The fourth-order valence-corrected chi connectivity index (χ4v) is 2.78. The predicted molar refractivity (Wildman–Crippen MR) is 83.9 cm³/mol. The van der Waals surface area contributed by atoms with Crippen LogP contribution in [0.25, 0.3) is 0 Å². The Labute approximate surface area is 137 Å². The number of likely N-dealkylation sites (N-methyl/N-ethyl adjacent to an activating group) is 1. The van der Waals surface area contributed by atoms with Crippen molar-refractivity contribution in [3.8, 4) is 0 Å². The number of hydrogen-bond donors (Lipinski definition) is 0. The predicted octanol–water partition coefficient (Wildman–Crippen LogP) is 1.46. The first-order chi connectivity index (χ1) is 10.8. The number of carbonyl (C=O) groups is 2. The number of carbonyl (C=O) groups excluding carboxylic acids is 2. The van der Waals surface area contributed by atoms with E-state index in [1.54, 1.807) is 32.7 Å². The van der Waals surface area contributed by atoms with Crippen LogP contribution in [-0.4, -0.2) is 73.6 Å². The number of nitrogens with zero attached hydrogens (tertiary/aromatic N) is 2. The Hall–Kier alpha value is -1.34. The van der Waals surface area contributed by atoms with Gasteiger partial charge in [0.05, 0.1) is 13.2 Å². The van der Waals surface area contributed by atoms with Gasteiger partial charge in [0.15, 0.2) is 6.29 Å². The van der Waals surface area contributed by atoms with E-state index in [0.717, 1.165) is 12.8 Å². The second-order valence-electron chi connectivity index (χ2n) is 7.16. The second-order valence-corrected chi connectivity index (χ2v) is 7.16. The quantitative estimate of drug-likeness (QED) is 0.785. The maximum Gasteiger partial charge on any atom is 0.410 e. The van der Waals surface area contributed by atoms with Gasteiger partial charge in [-0.3, -0.25) is 4.79 Å². The van der Waals surface area contributed by atoms with Gasteiger partial charge in [0.25, 0.3) is 0 Å². The third-order valence-electron chi connectivity index (χ3n) is 4.00. The molecule has 132 valence electrons. The van der Waals surface area contributed by atoms with Crippen molar-refractivity contribution >= 4 is 12.0 Å². The van der Waals surface area contributed by atoms with Crippen LogP contribution in [0.1, 0.15) is 33.6 Å². The molecule has 7 heteroatoms. The van der Waals surface area contributed by atoms with E-state index in [1.807, 2.05) is 0 Å². The minimum atomic E-state index is -0.561. The highest BCUT2D eigenvalue weighted by Gasteiger charge is 2.32. The van der Waals surface area contributed by atoms with Gasteiger partial charge < -0.3 is 24.0 Å². The summed E-state index contributed by atoms with van der Waals surface area (Å²) in [6, 6.07) is 0. The highest BCUT2D eigenvalue weighted by Crippen LogP contribution is 2.25. The van der Waals surface area contributed by atoms with Gasteiger partial charge in [-0.2, -0.15) is 0 Å². The molecule has 2 heterocycles. The smallest absolute Gasteiger partial charge is 0.410 e. The molecular formula is C16H28N2O5. The Kier molecular flexibility index (Phi) is 5.86. The van der Waals surface area contributed by atoms with E-state index in [2.05, 4.69) is 0 Å². The molecule has 0 unspecified atom stereocenters. The summed E-state index contributed by atoms with van der Waals surface area (Å²) in [6.07, 6.45) is 1.14. The molecule has 0 aliphatic carbocycles. The molecule has 2 aliphatic heterocycles. The molecular weight excluding hydrogens is 300 g/mol. The van der Waals surface area contributed by atoms with E-state index in [-0.39, 0.29) is 18.7 Å². The molecule has 23 heavy (non-hydrogen) atoms. The molecule has 2 amide bonds. The van der Waals surface area contributed by atoms with Crippen molar-refractivity contribution in [3.63, 3.8) is 0 Å². The molecule has 2 aliphatic rings. The van der Waals surface area contributed by atoms with Crippen LogP contribution < -0.4 is 0 Å². The van der Waals surface area contributed by atoms with Gasteiger partial charge in [0, 0.05) is 26.1 Å². The molecule has 0 bridgehead atoms. The average Bonchev–Trinajstić information content (AvgIpc) is 2.99. The monoisotopic (exact) mass is 328 g/mol. The van der Waals surface area contributed by atoms with Crippen molar-refractivity contribution in [2.75, 3.05) is 39.9 Å². The lowest BCUT2D eigenvalue weighted by atomic mass is 9.96. The summed E-state index contributed by atoms with van der Waals surface area (Å²) in [5.41, 5.74) is -0.561. The third kappa shape index (κ3) is 5.35. The first kappa shape index (κ1) is 18.0. The maximum absolute atomic E-state index is 12.3. The van der Waals surface area contributed by atoms with Crippen molar-refractivity contribution in [1.29, 1.82) is 0 Å². The zero-order chi connectivity index (χ0) is 17.0. The van der Waals surface area contributed by atoms with Crippen LogP contribution in [0.3, 0.4) is 0 Å². The Bertz CT molecular complexity index is 421. The molecule has 0 saturated carbocycles. The van der Waals surface area contributed by atoms with E-state index in [4.69, 9.17) is 14.2 Å². The summed E-state index contributed by atoms with van der Waals surface area (Å²) < 4.78 is 16.3. The fourth-order valence-electron chi connectivity index (χ4n) is 2.78. The SMILES string of the molecule is CN(CC(=O)N1CCC(C2OCCO2)CC1)C(=O)OC(C)(C)C. The number of ether oxygens (including phenoxy) is 3. The summed E-state index contributed by atoms with van der Waals surface area (Å²) in [5, 5.41) is 0. The topological polar surface area (TPSA) is 68.3 Å². The lowest BCUT2D eigenvalue weighted by Crippen LogP contribution is -2.46. The van der Waals surface area contributed by atoms with Gasteiger partial charge in [0.1, 0.15) is 12.1 Å². The minimum absolute atomic E-state index is 0.0377. The van der Waals surface area contributed by atoms with E-state index in [9.17, 15) is 9.59 Å². The van der Waals surface area contributed by atoms with Gasteiger partial charge in [0.2, 0.25) is 5.91 Å². The van der Waals surface area contributed by atoms with E-state index in [0.29, 0.717) is 32.2 Å². The first-order valence-electron chi connectivity index (χ1n) is 8.21. The first-order valence-corrected chi connectivity index (χ1v) is 8.21. The van der Waals surface area contributed by atoms with Crippen molar-refractivity contribution in [2.45, 2.75) is 45.5 Å². The van der Waals surface area contributed by atoms with Crippen LogP contribution >= 0.6 is 0 Å². The summed E-state index contributed by atoms with van der Waals surface area (Å²) >= 11 is 0. The molecule has 0 spiro atoms. The molecule has 2 rings (SSSR count). The van der Waals surface area contributed by atoms with E-state index in [1.165, 1.54) is 4.90 Å². The Morgan fingerprint density at radius 3 is 2.26 bits per heavy atom. The van der Waals surface area contributed by atoms with Gasteiger partial charge >= 0.3 is 6.09 Å². The largest absolute Gasteiger partial charge is 0.444 e. The summed E-state index contributed by atoms with van der Waals surface area (Å²) in [4.78, 5) is 27.3. The van der Waals surface area contributed by atoms with Crippen LogP contribution in [0, 0.1) is 5.92 Å². The normalized spacial score (nSPS) is 20.6. The van der Waals surface area contributed by atoms with Gasteiger partial charge in [-0.1, -0.05) is 0 Å². The highest BCUT2D eigenvalue weighted by molar-refractivity contribution is 5.82. The number of amides is 2. The molecule has 0 radical (unpaired) electrons. The molecule has 2 saturated heterocycles. The zero-order valence-corrected chi connectivity index (χ0v) is 14.5. The summed E-state index contributed by atoms with van der Waals surface area (Å²) in [7, 11) is 1.58. The van der Waals surface area contributed by atoms with Gasteiger partial charge in [-0.15, -0.1) is 0 Å². The van der Waals surface area contributed by atoms with Crippen molar-refractivity contribution in [1.82, 2.24) is 9.80 Å². The number of piperidine rings is 1. The molecule has 0 aromatic heterocycles. The van der Waals surface area contributed by atoms with Gasteiger partial charge in [-0.05, 0) is 33.6 Å². The van der Waals surface area contributed by atoms with Crippen LogP contribution in [0.2, 0.25) is 0 Å². The van der Waals surface area contributed by atoms with Crippen molar-refractivity contribution in [2.24, 2.45) is 5.92 Å². The van der Waals surface area contributed by atoms with Crippen LogP contribution in [0.5, 0.6) is 0 Å². The minimum Gasteiger partial charge on any atom is -0.444 e. The lowest BCUT2D eigenvalue weighted by molar-refractivity contribution is -0.137. The van der Waals surface area contributed by atoms with Crippen LogP contribution in [0.4, 0.5) is 4.79 Å². The van der Waals surface area contributed by atoms with Crippen LogP contribution in [0.15, 0.2) is 0 Å². The Morgan fingerprint density at radius 1 is 1.17 bits per heavy atom. The third-order valence-corrected chi connectivity index (χ3v) is 4.00. The lowest BCUT2D eigenvalue weighted by Gasteiger charge is -2.34. The molecule has 0 atom stereocenters. The van der Waals surface area contributed by atoms with Gasteiger partial charge in [-0.25, -0.2) is 4.79 Å². The fraction of sp³-hybridized carbons (Fsp3) is 0.875. The Morgan fingerprint density at radius 2 is 1.74 bits per heavy atom. The average molecular weight is 328 g/mol. The molecule has 2 fully saturated rings. The molecule has 0 N–H and O–H groups in total. The van der Waals surface area contributed by atoms with Crippen molar-refractivity contribution < 1.29 is 23.8 Å². The molecule has 0 aromatic carbocycles. The second kappa shape index (κ2) is 7.49. The highest BCUT2D eigenvalue weighted by atomic mass is 16.7.